The van der Waals surface area contributed by atoms with Gasteiger partial charge in [-0.05, 0) is 77.4 Å². The maximum absolute atomic E-state index is 14.8. The number of esters is 4. The number of aliphatic hydroxyl groups excluding tert-OH is 1. The van der Waals surface area contributed by atoms with Crippen LogP contribution in [0.25, 0.3) is 0 Å². The number of amides is 2. The minimum atomic E-state index is -5.56. The quantitative estimate of drug-likeness (QED) is 0.0143. The fourth-order valence-electron chi connectivity index (χ4n) is 14.2. The molecule has 0 radical (unpaired) electrons. The molecule has 22 nitrogen and oxygen atoms in total. The lowest BCUT2D eigenvalue weighted by molar-refractivity contribution is -0.272. The summed E-state index contributed by atoms with van der Waals surface area (Å²) in [5.74, 6) is -5.54. The van der Waals surface area contributed by atoms with Crippen molar-refractivity contribution in [2.45, 2.75) is 483 Å². The summed E-state index contributed by atoms with van der Waals surface area (Å²) in [7, 11) is -5.56. The van der Waals surface area contributed by atoms with Crippen molar-refractivity contribution in [1.29, 1.82) is 0 Å². The topological polar surface area (TPSA) is 309 Å². The number of rotatable bonds is 76. The molecule has 110 heavy (non-hydrogen) atoms. The number of nitrogens with one attached hydrogen (secondary N) is 2. The van der Waals surface area contributed by atoms with Gasteiger partial charge < -0.3 is 64.0 Å². The number of unbranched alkanes of at least 4 members (excludes halogenated alkanes) is 42. The van der Waals surface area contributed by atoms with Crippen molar-refractivity contribution < 1.29 is 91.1 Å². The molecular formula is C87H166N3O19P. The van der Waals surface area contributed by atoms with Gasteiger partial charge in [0.2, 0.25) is 11.8 Å². The zero-order chi connectivity index (χ0) is 81.5. The van der Waals surface area contributed by atoms with Crippen molar-refractivity contribution in [2.75, 3.05) is 32.8 Å². The Labute approximate surface area is 669 Å². The van der Waals surface area contributed by atoms with Gasteiger partial charge in [0.25, 0.3) is 0 Å². The zero-order valence-corrected chi connectivity index (χ0v) is 72.2. The van der Waals surface area contributed by atoms with Gasteiger partial charge in [-0.2, -0.15) is 0 Å². The normalized spacial score (nSPS) is 16.8. The van der Waals surface area contributed by atoms with Gasteiger partial charge in [-0.25, -0.2) is 9.36 Å². The second-order valence-electron chi connectivity index (χ2n) is 31.2. The molecule has 1 aliphatic rings. The van der Waals surface area contributed by atoms with Crippen LogP contribution in [0.1, 0.15) is 428 Å². The van der Waals surface area contributed by atoms with Gasteiger partial charge in [0.1, 0.15) is 36.6 Å². The molecule has 2 amide bonds. The minimum absolute atomic E-state index is 0.125. The Balaban J connectivity index is 0.0000161. The third kappa shape index (κ3) is 61.7. The van der Waals surface area contributed by atoms with E-state index in [1.54, 1.807) is 0 Å². The van der Waals surface area contributed by atoms with E-state index in [1.807, 2.05) is 0 Å². The molecular weight excluding hydrogens is 1420 g/mol. The second kappa shape index (κ2) is 74.1. The van der Waals surface area contributed by atoms with E-state index in [0.29, 0.717) is 51.4 Å². The number of hydrogen-bond acceptors (Lipinski definition) is 17. The molecule has 1 aliphatic heterocycles. The number of carboxylic acid groups (broad SMARTS) is 1. The minimum Gasteiger partial charge on any atom is -0.480 e. The van der Waals surface area contributed by atoms with Gasteiger partial charge in [-0.15, -0.1) is 0 Å². The van der Waals surface area contributed by atoms with E-state index in [-0.39, 0.29) is 32.1 Å². The average molecular weight is 1590 g/mol. The number of carboxylic acids is 1. The van der Waals surface area contributed by atoms with Gasteiger partial charge in [-0.3, -0.25) is 33.3 Å². The molecule has 1 heterocycles. The van der Waals surface area contributed by atoms with Crippen molar-refractivity contribution >= 4 is 49.5 Å². The Bertz CT molecular complexity index is 2270. The summed E-state index contributed by atoms with van der Waals surface area (Å²) in [6, 6.07) is -3.60. The van der Waals surface area contributed by atoms with Crippen LogP contribution in [0.2, 0.25) is 0 Å². The van der Waals surface area contributed by atoms with Crippen molar-refractivity contribution in [2.24, 2.45) is 0 Å². The standard InChI is InChI=1S/C81H151N2O19P.C6H15N/c1-7-13-19-25-31-34-40-43-49-55-66(97-73(87)58-52-46-37-28-22-16-10-4)61-71(85)82-69(80(91)92)65-96-81-77(83-72(86)62-67(56-50-44-41-35-32-26-20-14-8-2)98-74(88)59-53-47-38-29-23-17-11-5)79(78(70(64-84)100-81)102-103(93,94)95)101-76(90)63-68(57-51-45-42-36-33-27-21-15-9-3)99-75(89)60-54-48-39-30-24-18-12-6;1-4-7(5-2)6-3/h66-70,77-79,81,84H,7-65H2,1-6H3,(H,82,85)(H,83,86)(H,91,92)(H2,93,94,95);4-6H2,1-3H3/t66-,67-,68-,69-,70+,77+,78+,79+,81+;/m0./s1. The van der Waals surface area contributed by atoms with Gasteiger partial charge in [0.15, 0.2) is 18.4 Å². The van der Waals surface area contributed by atoms with Crippen LogP contribution in [-0.2, 0) is 71.1 Å². The van der Waals surface area contributed by atoms with Crippen molar-refractivity contribution in [1.82, 2.24) is 15.5 Å². The molecule has 1 saturated heterocycles. The summed E-state index contributed by atoms with van der Waals surface area (Å²) in [6.07, 6.45) is 38.1. The second-order valence-corrected chi connectivity index (χ2v) is 32.4. The molecule has 23 heteroatoms. The van der Waals surface area contributed by atoms with E-state index >= 15 is 0 Å². The van der Waals surface area contributed by atoms with Crippen LogP contribution in [0.4, 0.5) is 0 Å². The molecule has 0 spiro atoms. The number of phosphoric acid groups is 1. The highest BCUT2D eigenvalue weighted by Gasteiger charge is 2.52. The number of ether oxygens (including phenoxy) is 6. The van der Waals surface area contributed by atoms with Crippen LogP contribution in [0, 0.1) is 0 Å². The molecule has 0 saturated carbocycles. The number of carbonyl (C=O) groups excluding carboxylic acids is 6. The first-order valence-corrected chi connectivity index (χ1v) is 46.7. The maximum atomic E-state index is 14.8. The van der Waals surface area contributed by atoms with Gasteiger partial charge >= 0.3 is 37.7 Å². The maximum Gasteiger partial charge on any atom is 0.470 e. The van der Waals surface area contributed by atoms with Gasteiger partial charge in [-0.1, -0.05) is 332 Å². The van der Waals surface area contributed by atoms with Crippen LogP contribution in [0.15, 0.2) is 0 Å². The Kier molecular flexibility index (Phi) is 71.6. The number of nitrogens with zero attached hydrogens (tertiary/aromatic N) is 1. The summed E-state index contributed by atoms with van der Waals surface area (Å²) in [5.41, 5.74) is 0. The van der Waals surface area contributed by atoms with Gasteiger partial charge in [0.05, 0.1) is 32.5 Å². The monoisotopic (exact) mass is 1590 g/mol. The highest BCUT2D eigenvalue weighted by atomic mass is 31.2. The molecule has 9 atom stereocenters. The summed E-state index contributed by atoms with van der Waals surface area (Å²) >= 11 is 0. The lowest BCUT2D eigenvalue weighted by atomic mass is 9.95. The third-order valence-electron chi connectivity index (χ3n) is 21.0. The SMILES string of the molecule is CCCCCCCCCCC[C@@H](CC(=O)N[C@H]1[C@H](OC[C@H](NC(=O)C[C@H](CCCCCCCCCCC)OC(=O)CCCCCCCCC)C(=O)O)O[C@H](CO)[C@@H](OP(=O)(O)O)[C@@H]1OC(=O)C[C@H](CCCCCCCCCCC)OC(=O)CCCCCCCCC)OC(=O)CCCCCCCCC.CCN(CC)CC. The third-order valence-corrected chi connectivity index (χ3v) is 21.6. The summed E-state index contributed by atoms with van der Waals surface area (Å²) < 4.78 is 54.9. The fraction of sp³-hybridized carbons (Fsp3) is 0.920. The fourth-order valence-corrected chi connectivity index (χ4v) is 14.7. The molecule has 0 unspecified atom stereocenters. The van der Waals surface area contributed by atoms with Crippen LogP contribution in [-0.4, -0.2) is 154 Å². The smallest absolute Gasteiger partial charge is 0.470 e. The Morgan fingerprint density at radius 2 is 0.700 bits per heavy atom. The molecule has 0 aromatic rings. The van der Waals surface area contributed by atoms with E-state index < -0.39 is 131 Å². The first kappa shape index (κ1) is 106. The number of carbonyl (C=O) groups is 7. The first-order chi connectivity index (χ1) is 53.2. The average Bonchev–Trinajstić information content (AvgIpc) is 0.780. The van der Waals surface area contributed by atoms with Crippen LogP contribution >= 0.6 is 7.82 Å². The summed E-state index contributed by atoms with van der Waals surface area (Å²) in [6.45, 7) is 21.2. The van der Waals surface area contributed by atoms with E-state index in [9.17, 15) is 58.1 Å². The lowest BCUT2D eigenvalue weighted by Crippen LogP contribution is -2.66. The predicted octanol–water partition coefficient (Wildman–Crippen LogP) is 20.6. The summed E-state index contributed by atoms with van der Waals surface area (Å²) in [5, 5.41) is 26.9. The predicted molar refractivity (Wildman–Crippen MR) is 440 cm³/mol. The van der Waals surface area contributed by atoms with Crippen LogP contribution in [0.5, 0.6) is 0 Å². The number of hydrogen-bond donors (Lipinski definition) is 6. The van der Waals surface area contributed by atoms with Gasteiger partial charge in [0, 0.05) is 19.3 Å². The molecule has 1 fully saturated rings. The Hall–Kier alpha value is -3.76. The largest absolute Gasteiger partial charge is 0.480 e. The van der Waals surface area contributed by atoms with Crippen LogP contribution in [0.3, 0.4) is 0 Å². The van der Waals surface area contributed by atoms with E-state index in [1.165, 1.54) is 64.6 Å². The number of phosphoric ester groups is 1. The van der Waals surface area contributed by atoms with Crippen molar-refractivity contribution in [3.63, 3.8) is 0 Å². The highest BCUT2D eigenvalue weighted by molar-refractivity contribution is 7.46. The zero-order valence-electron chi connectivity index (χ0n) is 71.3. The molecule has 6 N–H and O–H groups in total. The number of aliphatic hydroxyl groups is 1. The Morgan fingerprint density at radius 3 is 0.991 bits per heavy atom. The van der Waals surface area contributed by atoms with Crippen LogP contribution < -0.4 is 10.6 Å². The molecule has 0 aromatic heterocycles. The molecule has 0 aromatic carbocycles. The van der Waals surface area contributed by atoms with E-state index in [0.717, 1.165) is 225 Å². The van der Waals surface area contributed by atoms with Crippen molar-refractivity contribution in [3.8, 4) is 0 Å². The summed E-state index contributed by atoms with van der Waals surface area (Å²) in [4.78, 5) is 121. The molecule has 1 rings (SSSR count). The highest BCUT2D eigenvalue weighted by Crippen LogP contribution is 2.42. The molecule has 0 bridgehead atoms. The molecule has 648 valence electrons. The molecule has 0 aliphatic carbocycles. The van der Waals surface area contributed by atoms with E-state index in [4.69, 9.17) is 32.9 Å². The Morgan fingerprint density at radius 1 is 0.400 bits per heavy atom. The van der Waals surface area contributed by atoms with Crippen molar-refractivity contribution in [3.05, 3.63) is 0 Å². The first-order valence-electron chi connectivity index (χ1n) is 45.1. The lowest BCUT2D eigenvalue weighted by Gasteiger charge is -2.45. The van der Waals surface area contributed by atoms with E-state index in [2.05, 4.69) is 77.8 Å². The number of aliphatic carboxylic acids is 1.